The smallest absolute Gasteiger partial charge is 0.434 e. The van der Waals surface area contributed by atoms with Gasteiger partial charge in [0.1, 0.15) is 12.4 Å². The van der Waals surface area contributed by atoms with Crippen molar-refractivity contribution in [2.45, 2.75) is 25.6 Å². The molecule has 0 aliphatic heterocycles. The van der Waals surface area contributed by atoms with Crippen molar-refractivity contribution < 1.29 is 22.3 Å². The lowest BCUT2D eigenvalue weighted by atomic mass is 10.1. The fourth-order valence-corrected chi connectivity index (χ4v) is 3.68. The Balaban J connectivity index is 1.41. The van der Waals surface area contributed by atoms with E-state index >= 15 is 0 Å². The Morgan fingerprint density at radius 3 is 2.61 bits per heavy atom. The molecule has 0 saturated carbocycles. The molecule has 1 N–H and O–H groups in total. The molecule has 0 saturated heterocycles. The van der Waals surface area contributed by atoms with E-state index < -0.39 is 17.5 Å². The van der Waals surface area contributed by atoms with E-state index in [1.54, 1.807) is 5.51 Å². The molecule has 0 spiro atoms. The van der Waals surface area contributed by atoms with Gasteiger partial charge in [0.2, 0.25) is 5.89 Å². The molecular weight excluding hydrogens is 431 g/mol. The second-order valence-electron chi connectivity index (χ2n) is 6.64. The zero-order chi connectivity index (χ0) is 21.8. The number of aromatic nitrogens is 3. The Morgan fingerprint density at radius 1 is 1.10 bits per heavy atom. The standard InChI is InChI=1S/C21H16F3N3O3S/c22-21(23,24)15-7-5-14(6-8-15)19-17(31-12-25-19)11-29-16-3-1-2-13(10-16)4-9-18-26-27-20(28)30-18/h1-3,5-8,10,12H,4,9,11H2,(H,27,28). The lowest BCUT2D eigenvalue weighted by Crippen LogP contribution is -2.04. The van der Waals surface area contributed by atoms with Crippen LogP contribution in [0.3, 0.4) is 0 Å². The highest BCUT2D eigenvalue weighted by Crippen LogP contribution is 2.32. The van der Waals surface area contributed by atoms with Crippen LogP contribution in [0.4, 0.5) is 13.2 Å². The minimum atomic E-state index is -4.37. The number of hydrogen-bond acceptors (Lipinski definition) is 6. The molecule has 0 unspecified atom stereocenters. The molecule has 4 rings (SSSR count). The summed E-state index contributed by atoms with van der Waals surface area (Å²) in [5, 5.41) is 6.00. The number of ether oxygens (including phenoxy) is 1. The molecule has 2 aromatic carbocycles. The van der Waals surface area contributed by atoms with Crippen molar-refractivity contribution in [3.8, 4) is 17.0 Å². The topological polar surface area (TPSA) is 81.0 Å². The summed E-state index contributed by atoms with van der Waals surface area (Å²) in [5.41, 5.74) is 3.12. The van der Waals surface area contributed by atoms with Crippen molar-refractivity contribution in [2.75, 3.05) is 0 Å². The van der Waals surface area contributed by atoms with Crippen LogP contribution in [-0.4, -0.2) is 15.2 Å². The second-order valence-corrected chi connectivity index (χ2v) is 7.58. The zero-order valence-electron chi connectivity index (χ0n) is 16.0. The molecule has 4 aromatic rings. The number of nitrogens with one attached hydrogen (secondary N) is 1. The van der Waals surface area contributed by atoms with E-state index in [9.17, 15) is 18.0 Å². The fraction of sp³-hybridized carbons (Fsp3) is 0.190. The van der Waals surface area contributed by atoms with Crippen LogP contribution >= 0.6 is 11.3 Å². The van der Waals surface area contributed by atoms with E-state index in [-0.39, 0.29) is 6.61 Å². The van der Waals surface area contributed by atoms with Crippen LogP contribution in [0.25, 0.3) is 11.3 Å². The minimum absolute atomic E-state index is 0.235. The highest BCUT2D eigenvalue weighted by molar-refractivity contribution is 7.10. The summed E-state index contributed by atoms with van der Waals surface area (Å²) in [4.78, 5) is 16.1. The maximum atomic E-state index is 12.8. The number of aryl methyl sites for hydroxylation is 2. The van der Waals surface area contributed by atoms with Crippen LogP contribution < -0.4 is 10.5 Å². The maximum Gasteiger partial charge on any atom is 0.434 e. The summed E-state index contributed by atoms with van der Waals surface area (Å²) in [6.45, 7) is 0.235. The highest BCUT2D eigenvalue weighted by Gasteiger charge is 2.30. The average Bonchev–Trinajstić information content (AvgIpc) is 3.39. The number of hydrogen-bond donors (Lipinski definition) is 1. The van der Waals surface area contributed by atoms with Crippen molar-refractivity contribution in [1.82, 2.24) is 15.2 Å². The Bertz CT molecular complexity index is 1210. The number of aromatic amines is 1. The van der Waals surface area contributed by atoms with Gasteiger partial charge in [-0.1, -0.05) is 24.3 Å². The first-order valence-corrected chi connectivity index (χ1v) is 10.1. The maximum absolute atomic E-state index is 12.8. The Hall–Kier alpha value is -3.40. The van der Waals surface area contributed by atoms with Gasteiger partial charge in [0.15, 0.2) is 0 Å². The fourth-order valence-electron chi connectivity index (χ4n) is 2.98. The van der Waals surface area contributed by atoms with Gasteiger partial charge in [0, 0.05) is 12.0 Å². The largest absolute Gasteiger partial charge is 0.488 e. The lowest BCUT2D eigenvalue weighted by molar-refractivity contribution is -0.137. The van der Waals surface area contributed by atoms with E-state index in [1.807, 2.05) is 24.3 Å². The monoisotopic (exact) mass is 447 g/mol. The van der Waals surface area contributed by atoms with Crippen molar-refractivity contribution >= 4 is 11.3 Å². The van der Waals surface area contributed by atoms with E-state index in [2.05, 4.69) is 15.2 Å². The van der Waals surface area contributed by atoms with Crippen LogP contribution in [0.5, 0.6) is 5.75 Å². The Kier molecular flexibility index (Phi) is 5.90. The van der Waals surface area contributed by atoms with Crippen LogP contribution in [0.1, 0.15) is 21.9 Å². The quantitative estimate of drug-likeness (QED) is 0.437. The number of nitrogens with zero attached hydrogens (tertiary/aromatic N) is 2. The number of benzene rings is 2. The normalized spacial score (nSPS) is 11.6. The van der Waals surface area contributed by atoms with E-state index in [0.717, 1.165) is 22.6 Å². The molecule has 2 heterocycles. The summed E-state index contributed by atoms with van der Waals surface area (Å²) in [6.07, 6.45) is -3.29. The van der Waals surface area contributed by atoms with E-state index in [0.29, 0.717) is 35.7 Å². The zero-order valence-corrected chi connectivity index (χ0v) is 16.8. The van der Waals surface area contributed by atoms with Crippen LogP contribution in [-0.2, 0) is 25.6 Å². The third kappa shape index (κ3) is 5.21. The van der Waals surface area contributed by atoms with Gasteiger partial charge in [0.25, 0.3) is 0 Å². The molecular formula is C21H16F3N3O3S. The predicted molar refractivity (Wildman–Crippen MR) is 108 cm³/mol. The molecule has 160 valence electrons. The molecule has 2 aromatic heterocycles. The average molecular weight is 447 g/mol. The molecule has 0 bridgehead atoms. The van der Waals surface area contributed by atoms with Gasteiger partial charge < -0.3 is 9.15 Å². The van der Waals surface area contributed by atoms with Gasteiger partial charge in [-0.3, -0.25) is 0 Å². The van der Waals surface area contributed by atoms with E-state index in [1.165, 1.54) is 23.5 Å². The van der Waals surface area contributed by atoms with Gasteiger partial charge in [0.05, 0.1) is 21.6 Å². The van der Waals surface area contributed by atoms with Gasteiger partial charge in [-0.25, -0.2) is 14.9 Å². The summed E-state index contributed by atoms with van der Waals surface area (Å²) in [5.74, 6) is 0.399. The number of alkyl halides is 3. The van der Waals surface area contributed by atoms with Gasteiger partial charge in [-0.2, -0.15) is 13.2 Å². The molecule has 0 amide bonds. The summed E-state index contributed by atoms with van der Waals surface area (Å²) < 4.78 is 49.1. The first kappa shape index (κ1) is 20.9. The van der Waals surface area contributed by atoms with Crippen molar-refractivity contribution in [3.63, 3.8) is 0 Å². The summed E-state index contributed by atoms with van der Waals surface area (Å²) >= 11 is 1.38. The van der Waals surface area contributed by atoms with Crippen LogP contribution in [0.2, 0.25) is 0 Å². The molecule has 10 heteroatoms. The highest BCUT2D eigenvalue weighted by atomic mass is 32.1. The van der Waals surface area contributed by atoms with Gasteiger partial charge in [-0.05, 0) is 36.2 Å². The first-order valence-electron chi connectivity index (χ1n) is 9.24. The van der Waals surface area contributed by atoms with Gasteiger partial charge >= 0.3 is 11.9 Å². The molecule has 0 fully saturated rings. The molecule has 0 atom stereocenters. The van der Waals surface area contributed by atoms with Gasteiger partial charge in [-0.15, -0.1) is 16.4 Å². The molecule has 0 radical (unpaired) electrons. The summed E-state index contributed by atoms with van der Waals surface area (Å²) in [6, 6.07) is 12.4. The number of rotatable bonds is 7. The third-order valence-electron chi connectivity index (χ3n) is 4.50. The number of thiazole rings is 1. The summed E-state index contributed by atoms with van der Waals surface area (Å²) in [7, 11) is 0. The Morgan fingerprint density at radius 2 is 1.90 bits per heavy atom. The predicted octanol–water partition coefficient (Wildman–Crippen LogP) is 4.87. The molecule has 6 nitrogen and oxygen atoms in total. The lowest BCUT2D eigenvalue weighted by Gasteiger charge is -2.09. The Labute approximate surface area is 178 Å². The SMILES string of the molecule is O=c1[nH]nc(CCc2cccc(OCc3scnc3-c3ccc(C(F)(F)F)cc3)c2)o1. The van der Waals surface area contributed by atoms with Crippen molar-refractivity contribution in [2.24, 2.45) is 0 Å². The molecule has 0 aliphatic rings. The number of halogens is 3. The van der Waals surface area contributed by atoms with E-state index in [4.69, 9.17) is 9.15 Å². The first-order chi connectivity index (χ1) is 14.9. The number of H-pyrrole nitrogens is 1. The second kappa shape index (κ2) is 8.76. The van der Waals surface area contributed by atoms with Crippen molar-refractivity contribution in [3.05, 3.63) is 86.5 Å². The van der Waals surface area contributed by atoms with Crippen LogP contribution in [0, 0.1) is 0 Å². The van der Waals surface area contributed by atoms with Crippen molar-refractivity contribution in [1.29, 1.82) is 0 Å². The molecule has 0 aliphatic carbocycles. The van der Waals surface area contributed by atoms with Crippen LogP contribution in [0.15, 0.2) is 63.3 Å². The minimum Gasteiger partial charge on any atom is -0.488 e. The third-order valence-corrected chi connectivity index (χ3v) is 5.31. The molecule has 31 heavy (non-hydrogen) atoms.